The number of fused-ring (bicyclic) bond motifs is 1. The van der Waals surface area contributed by atoms with E-state index in [4.69, 9.17) is 23.2 Å². The molecule has 0 fully saturated rings. The molecular formula is C17H17Cl3N2O2. The van der Waals surface area contributed by atoms with E-state index in [1.165, 1.54) is 13.8 Å². The first-order valence-corrected chi connectivity index (χ1v) is 8.25. The molecule has 24 heavy (non-hydrogen) atoms. The van der Waals surface area contributed by atoms with Crippen molar-refractivity contribution in [2.45, 2.75) is 39.3 Å². The molecule has 0 atom stereocenters. The van der Waals surface area contributed by atoms with Crippen LogP contribution in [0.4, 0.5) is 0 Å². The van der Waals surface area contributed by atoms with Crippen LogP contribution in [0.3, 0.4) is 0 Å². The predicted molar refractivity (Wildman–Crippen MR) is 88.8 cm³/mol. The number of halogens is 3. The van der Waals surface area contributed by atoms with Gasteiger partial charge in [0, 0.05) is 5.56 Å². The van der Waals surface area contributed by atoms with Gasteiger partial charge < -0.3 is 12.4 Å². The summed E-state index contributed by atoms with van der Waals surface area (Å²) in [5.74, 6) is 0.702. The Balaban J connectivity index is 0.00000208. The van der Waals surface area contributed by atoms with Crippen molar-refractivity contribution in [2.75, 3.05) is 0 Å². The SMILES string of the molecule is CC(=O)C(C(C)=O)[n+]1cc(-c2ccc(Cl)c(Cl)c2)n2c1CCC2.[Cl-]. The zero-order chi connectivity index (χ0) is 16.7. The molecule has 0 amide bonds. The first-order valence-electron chi connectivity index (χ1n) is 7.50. The average Bonchev–Trinajstić information content (AvgIpc) is 3.05. The maximum absolute atomic E-state index is 11.9. The predicted octanol–water partition coefficient (Wildman–Crippen LogP) is 0.419. The van der Waals surface area contributed by atoms with E-state index in [1.807, 2.05) is 22.9 Å². The van der Waals surface area contributed by atoms with Crippen LogP contribution in [0.15, 0.2) is 24.4 Å². The molecule has 0 bridgehead atoms. The smallest absolute Gasteiger partial charge is 0.258 e. The van der Waals surface area contributed by atoms with Crippen LogP contribution in [-0.2, 0) is 22.6 Å². The van der Waals surface area contributed by atoms with Crippen LogP contribution < -0.4 is 17.0 Å². The second-order valence-corrected chi connectivity index (χ2v) is 6.66. The van der Waals surface area contributed by atoms with E-state index in [-0.39, 0.29) is 24.0 Å². The van der Waals surface area contributed by atoms with E-state index in [0.29, 0.717) is 10.0 Å². The molecule has 4 nitrogen and oxygen atoms in total. The number of Topliss-reactive ketones (excluding diaryl/α,β-unsaturated/α-hetero) is 2. The molecule has 1 aromatic heterocycles. The van der Waals surface area contributed by atoms with Crippen LogP contribution in [0.1, 0.15) is 32.1 Å². The van der Waals surface area contributed by atoms with Crippen molar-refractivity contribution >= 4 is 34.8 Å². The van der Waals surface area contributed by atoms with Gasteiger partial charge in [-0.1, -0.05) is 23.2 Å². The molecule has 0 aliphatic carbocycles. The maximum atomic E-state index is 11.9. The molecule has 2 heterocycles. The summed E-state index contributed by atoms with van der Waals surface area (Å²) in [5, 5.41) is 0.987. The maximum Gasteiger partial charge on any atom is 0.258 e. The number of carbonyl (C=O) groups is 2. The lowest BCUT2D eigenvalue weighted by Crippen LogP contribution is -3.00. The van der Waals surface area contributed by atoms with Crippen molar-refractivity contribution in [3.8, 4) is 11.3 Å². The van der Waals surface area contributed by atoms with Gasteiger partial charge in [0.25, 0.3) is 5.82 Å². The quantitative estimate of drug-likeness (QED) is 0.564. The Kier molecular flexibility index (Phi) is 5.74. The van der Waals surface area contributed by atoms with Crippen LogP contribution in [0.25, 0.3) is 11.3 Å². The van der Waals surface area contributed by atoms with Crippen molar-refractivity contribution in [3.05, 3.63) is 40.3 Å². The third kappa shape index (κ3) is 3.23. The van der Waals surface area contributed by atoms with Gasteiger partial charge in [-0.05, 0) is 38.5 Å². The highest BCUT2D eigenvalue weighted by Crippen LogP contribution is 2.31. The Hall–Kier alpha value is -1.36. The Bertz CT molecular complexity index is 800. The summed E-state index contributed by atoms with van der Waals surface area (Å²) >= 11 is 12.1. The first kappa shape index (κ1) is 19.0. The number of benzene rings is 1. The molecule has 1 aromatic carbocycles. The number of hydrogen-bond donors (Lipinski definition) is 0. The van der Waals surface area contributed by atoms with Crippen LogP contribution in [0, 0.1) is 0 Å². The molecule has 2 aromatic rings. The zero-order valence-electron chi connectivity index (χ0n) is 13.4. The Labute approximate surface area is 156 Å². The minimum absolute atomic E-state index is 0. The summed E-state index contributed by atoms with van der Waals surface area (Å²) in [7, 11) is 0. The highest BCUT2D eigenvalue weighted by molar-refractivity contribution is 6.42. The van der Waals surface area contributed by atoms with Gasteiger partial charge in [-0.2, -0.15) is 0 Å². The third-order valence-corrected chi connectivity index (χ3v) is 4.95. The largest absolute Gasteiger partial charge is 1.00 e. The van der Waals surface area contributed by atoms with Crippen molar-refractivity contribution in [2.24, 2.45) is 0 Å². The van der Waals surface area contributed by atoms with Crippen LogP contribution in [0.2, 0.25) is 10.0 Å². The second kappa shape index (κ2) is 7.26. The standard InChI is InChI=1S/C17H17Cl2N2O2.ClH/c1-10(22)17(11(2)23)21-9-15(20-7-3-4-16(20)21)12-5-6-13(18)14(19)8-12;/h5-6,8-9,17H,3-4,7H2,1-2H3;1H/q+1;/p-1. The number of nitrogens with zero attached hydrogens (tertiary/aromatic N) is 2. The average molecular weight is 388 g/mol. The molecule has 3 rings (SSSR count). The van der Waals surface area contributed by atoms with E-state index in [0.717, 1.165) is 36.5 Å². The number of imidazole rings is 1. The Morgan fingerprint density at radius 3 is 2.42 bits per heavy atom. The monoisotopic (exact) mass is 386 g/mol. The Morgan fingerprint density at radius 2 is 1.83 bits per heavy atom. The molecule has 0 N–H and O–H groups in total. The summed E-state index contributed by atoms with van der Waals surface area (Å²) in [6, 6.07) is 4.71. The molecule has 0 unspecified atom stereocenters. The molecule has 1 aliphatic rings. The summed E-state index contributed by atoms with van der Waals surface area (Å²) in [5.41, 5.74) is 1.87. The first-order chi connectivity index (χ1) is 10.9. The number of ketones is 2. The van der Waals surface area contributed by atoms with E-state index in [2.05, 4.69) is 4.57 Å². The lowest BCUT2D eigenvalue weighted by Gasteiger charge is -2.07. The molecule has 7 heteroatoms. The van der Waals surface area contributed by atoms with Gasteiger partial charge in [0.05, 0.1) is 23.0 Å². The van der Waals surface area contributed by atoms with Gasteiger partial charge >= 0.3 is 0 Å². The fourth-order valence-electron chi connectivity index (χ4n) is 3.25. The van der Waals surface area contributed by atoms with E-state index in [1.54, 1.807) is 6.07 Å². The number of rotatable bonds is 4. The van der Waals surface area contributed by atoms with Crippen molar-refractivity contribution in [1.82, 2.24) is 4.57 Å². The van der Waals surface area contributed by atoms with Crippen molar-refractivity contribution in [1.29, 1.82) is 0 Å². The number of aromatic nitrogens is 2. The molecule has 0 radical (unpaired) electrons. The zero-order valence-corrected chi connectivity index (χ0v) is 15.6. The lowest BCUT2D eigenvalue weighted by molar-refractivity contribution is -0.701. The van der Waals surface area contributed by atoms with E-state index >= 15 is 0 Å². The summed E-state index contributed by atoms with van der Waals surface area (Å²) in [4.78, 5) is 23.9. The molecule has 128 valence electrons. The van der Waals surface area contributed by atoms with Gasteiger partial charge in [-0.15, -0.1) is 0 Å². The molecule has 1 aliphatic heterocycles. The highest BCUT2D eigenvalue weighted by Gasteiger charge is 2.36. The second-order valence-electron chi connectivity index (χ2n) is 5.85. The van der Waals surface area contributed by atoms with E-state index in [9.17, 15) is 9.59 Å². The topological polar surface area (TPSA) is 43.0 Å². The van der Waals surface area contributed by atoms with Gasteiger partial charge in [0.2, 0.25) is 6.04 Å². The highest BCUT2D eigenvalue weighted by atomic mass is 35.5. The van der Waals surface area contributed by atoms with Crippen LogP contribution in [-0.4, -0.2) is 16.1 Å². The molecule has 0 saturated heterocycles. The number of carbonyl (C=O) groups excluding carboxylic acids is 2. The normalized spacial score (nSPS) is 12.9. The van der Waals surface area contributed by atoms with Gasteiger partial charge in [0.1, 0.15) is 6.20 Å². The molecular weight excluding hydrogens is 371 g/mol. The molecule has 0 spiro atoms. The van der Waals surface area contributed by atoms with E-state index < -0.39 is 6.04 Å². The summed E-state index contributed by atoms with van der Waals surface area (Å²) in [6.45, 7) is 3.77. The minimum Gasteiger partial charge on any atom is -1.00 e. The van der Waals surface area contributed by atoms with Gasteiger partial charge in [-0.3, -0.25) is 9.59 Å². The Morgan fingerprint density at radius 1 is 1.17 bits per heavy atom. The van der Waals surface area contributed by atoms with Crippen LogP contribution >= 0.6 is 23.2 Å². The lowest BCUT2D eigenvalue weighted by atomic mass is 10.1. The van der Waals surface area contributed by atoms with Crippen molar-refractivity contribution < 1.29 is 26.6 Å². The molecule has 0 saturated carbocycles. The third-order valence-electron chi connectivity index (χ3n) is 4.21. The van der Waals surface area contributed by atoms with Gasteiger partial charge in [0.15, 0.2) is 17.3 Å². The van der Waals surface area contributed by atoms with Gasteiger partial charge in [-0.25, -0.2) is 9.13 Å². The summed E-state index contributed by atoms with van der Waals surface area (Å²) < 4.78 is 3.97. The van der Waals surface area contributed by atoms with Crippen LogP contribution in [0.5, 0.6) is 0 Å². The fraction of sp³-hybridized carbons (Fsp3) is 0.353. The summed E-state index contributed by atoms with van der Waals surface area (Å²) in [6.07, 6.45) is 3.72. The van der Waals surface area contributed by atoms with Crippen molar-refractivity contribution in [3.63, 3.8) is 0 Å². The number of hydrogen-bond acceptors (Lipinski definition) is 2. The fourth-order valence-corrected chi connectivity index (χ4v) is 3.55. The minimum atomic E-state index is -0.758.